The molecule has 104 valence electrons. The molecule has 1 saturated heterocycles. The van der Waals surface area contributed by atoms with Crippen molar-refractivity contribution in [1.82, 2.24) is 4.90 Å². The highest BCUT2D eigenvalue weighted by Crippen LogP contribution is 2.26. The van der Waals surface area contributed by atoms with E-state index in [4.69, 9.17) is 0 Å². The second-order valence-electron chi connectivity index (χ2n) is 5.73. The van der Waals surface area contributed by atoms with E-state index in [9.17, 15) is 5.11 Å². The fourth-order valence-electron chi connectivity index (χ4n) is 3.49. The molecule has 0 bridgehead atoms. The molecule has 1 aromatic rings. The number of hydrogen-bond acceptors (Lipinski definition) is 3. The van der Waals surface area contributed by atoms with E-state index in [1.807, 2.05) is 0 Å². The van der Waals surface area contributed by atoms with E-state index in [0.29, 0.717) is 12.6 Å². The van der Waals surface area contributed by atoms with Crippen molar-refractivity contribution >= 4 is 5.69 Å². The molecule has 2 heterocycles. The summed E-state index contributed by atoms with van der Waals surface area (Å²) in [6, 6.07) is 9.20. The minimum Gasteiger partial charge on any atom is -0.395 e. The number of likely N-dealkylation sites (tertiary alicyclic amines) is 1. The van der Waals surface area contributed by atoms with Crippen molar-refractivity contribution in [2.75, 3.05) is 37.7 Å². The van der Waals surface area contributed by atoms with Crippen LogP contribution >= 0.6 is 0 Å². The molecule has 3 nitrogen and oxygen atoms in total. The van der Waals surface area contributed by atoms with E-state index in [-0.39, 0.29) is 0 Å². The lowest BCUT2D eigenvalue weighted by Crippen LogP contribution is -2.40. The van der Waals surface area contributed by atoms with Crippen LogP contribution in [0.2, 0.25) is 0 Å². The van der Waals surface area contributed by atoms with Crippen LogP contribution in [0.15, 0.2) is 24.3 Å². The lowest BCUT2D eigenvalue weighted by atomic mass is 10.0. The maximum absolute atomic E-state index is 9.38. The number of benzene rings is 1. The zero-order chi connectivity index (χ0) is 13.1. The summed E-state index contributed by atoms with van der Waals surface area (Å²) in [5.41, 5.74) is 2.92. The molecule has 1 aromatic carbocycles. The number of rotatable bonds is 4. The van der Waals surface area contributed by atoms with Gasteiger partial charge in [0.2, 0.25) is 0 Å². The molecule has 0 radical (unpaired) electrons. The Morgan fingerprint density at radius 2 is 2.00 bits per heavy atom. The van der Waals surface area contributed by atoms with Crippen LogP contribution in [0.25, 0.3) is 0 Å². The average Bonchev–Trinajstić information content (AvgIpc) is 2.92. The molecular formula is C16H24N2O. The number of aryl methyl sites for hydroxylation is 1. The minimum atomic E-state index is 0.316. The van der Waals surface area contributed by atoms with Crippen LogP contribution < -0.4 is 4.90 Å². The predicted octanol–water partition coefficient (Wildman–Crippen LogP) is 1.90. The Labute approximate surface area is 115 Å². The number of hydrogen-bond donors (Lipinski definition) is 1. The van der Waals surface area contributed by atoms with Gasteiger partial charge < -0.3 is 10.0 Å². The van der Waals surface area contributed by atoms with Crippen molar-refractivity contribution < 1.29 is 5.11 Å². The largest absolute Gasteiger partial charge is 0.395 e. The molecule has 1 atom stereocenters. The van der Waals surface area contributed by atoms with E-state index in [1.165, 1.54) is 37.1 Å². The Hall–Kier alpha value is -1.06. The van der Waals surface area contributed by atoms with Gasteiger partial charge in [-0.1, -0.05) is 18.2 Å². The zero-order valence-corrected chi connectivity index (χ0v) is 11.6. The number of nitrogens with zero attached hydrogens (tertiary/aromatic N) is 2. The number of aliphatic hydroxyl groups excluding tert-OH is 1. The molecule has 2 aliphatic rings. The normalized spacial score (nSPS) is 23.6. The average molecular weight is 260 g/mol. The molecule has 1 fully saturated rings. The van der Waals surface area contributed by atoms with Crippen molar-refractivity contribution in [3.05, 3.63) is 29.8 Å². The summed E-state index contributed by atoms with van der Waals surface area (Å²) in [7, 11) is 0. The summed E-state index contributed by atoms with van der Waals surface area (Å²) < 4.78 is 0. The Morgan fingerprint density at radius 1 is 1.11 bits per heavy atom. The van der Waals surface area contributed by atoms with Gasteiger partial charge in [-0.15, -0.1) is 0 Å². The van der Waals surface area contributed by atoms with E-state index in [2.05, 4.69) is 34.1 Å². The topological polar surface area (TPSA) is 26.7 Å². The molecule has 3 rings (SSSR count). The summed E-state index contributed by atoms with van der Waals surface area (Å²) in [6.07, 6.45) is 4.88. The summed E-state index contributed by atoms with van der Waals surface area (Å²) in [6.45, 7) is 4.82. The maximum atomic E-state index is 9.38. The van der Waals surface area contributed by atoms with Gasteiger partial charge in [0, 0.05) is 31.4 Å². The molecule has 19 heavy (non-hydrogen) atoms. The van der Waals surface area contributed by atoms with Gasteiger partial charge >= 0.3 is 0 Å². The number of aliphatic hydroxyl groups is 1. The van der Waals surface area contributed by atoms with Crippen LogP contribution in [0.5, 0.6) is 0 Å². The molecule has 0 aromatic heterocycles. The predicted molar refractivity (Wildman–Crippen MR) is 78.7 cm³/mol. The maximum Gasteiger partial charge on any atom is 0.0586 e. The Morgan fingerprint density at radius 3 is 2.89 bits per heavy atom. The van der Waals surface area contributed by atoms with Gasteiger partial charge in [-0.25, -0.2) is 0 Å². The standard InChI is InChI=1S/C16H24N2O/c19-13-15-7-4-9-17(15)11-12-18-10-3-6-14-5-1-2-8-16(14)18/h1-2,5,8,15,19H,3-4,6-7,9-13H2. The second-order valence-corrected chi connectivity index (χ2v) is 5.73. The third-order valence-electron chi connectivity index (χ3n) is 4.57. The molecule has 2 aliphatic heterocycles. The SMILES string of the molecule is OCC1CCCN1CCN1CCCc2ccccc21. The van der Waals surface area contributed by atoms with Gasteiger partial charge in [0.1, 0.15) is 0 Å². The quantitative estimate of drug-likeness (QED) is 0.895. The van der Waals surface area contributed by atoms with Crippen LogP contribution in [0.1, 0.15) is 24.8 Å². The van der Waals surface area contributed by atoms with Crippen LogP contribution in [0.3, 0.4) is 0 Å². The van der Waals surface area contributed by atoms with E-state index >= 15 is 0 Å². The Kier molecular flexibility index (Phi) is 4.04. The summed E-state index contributed by atoms with van der Waals surface area (Å²) in [4.78, 5) is 4.98. The summed E-state index contributed by atoms with van der Waals surface area (Å²) in [5.74, 6) is 0. The first-order chi connectivity index (χ1) is 9.38. The van der Waals surface area contributed by atoms with Gasteiger partial charge in [-0.3, -0.25) is 4.90 Å². The molecular weight excluding hydrogens is 236 g/mol. The van der Waals surface area contributed by atoms with Crippen molar-refractivity contribution in [2.45, 2.75) is 31.7 Å². The molecule has 0 aliphatic carbocycles. The minimum absolute atomic E-state index is 0.316. The molecule has 0 amide bonds. The Balaban J connectivity index is 1.62. The number of anilines is 1. The molecule has 0 saturated carbocycles. The smallest absolute Gasteiger partial charge is 0.0586 e. The monoisotopic (exact) mass is 260 g/mol. The Bertz CT molecular complexity index is 421. The lowest BCUT2D eigenvalue weighted by molar-refractivity contribution is 0.161. The zero-order valence-electron chi connectivity index (χ0n) is 11.6. The van der Waals surface area contributed by atoms with E-state index < -0.39 is 0 Å². The van der Waals surface area contributed by atoms with Crippen molar-refractivity contribution in [2.24, 2.45) is 0 Å². The highest BCUT2D eigenvalue weighted by Gasteiger charge is 2.24. The lowest BCUT2D eigenvalue weighted by Gasteiger charge is -2.33. The van der Waals surface area contributed by atoms with Crippen LogP contribution in [0.4, 0.5) is 5.69 Å². The first kappa shape index (κ1) is 12.9. The number of para-hydroxylation sites is 1. The summed E-state index contributed by atoms with van der Waals surface area (Å²) >= 11 is 0. The molecule has 3 heteroatoms. The van der Waals surface area contributed by atoms with Crippen molar-refractivity contribution in [3.63, 3.8) is 0 Å². The molecule has 1 N–H and O–H groups in total. The third kappa shape index (κ3) is 2.77. The summed E-state index contributed by atoms with van der Waals surface area (Å²) in [5, 5.41) is 9.38. The van der Waals surface area contributed by atoms with E-state index in [1.54, 1.807) is 0 Å². The van der Waals surface area contributed by atoms with Gasteiger partial charge in [0.25, 0.3) is 0 Å². The fourth-order valence-corrected chi connectivity index (χ4v) is 3.49. The van der Waals surface area contributed by atoms with Gasteiger partial charge in [0.05, 0.1) is 6.61 Å². The first-order valence-corrected chi connectivity index (χ1v) is 7.56. The van der Waals surface area contributed by atoms with Gasteiger partial charge in [-0.2, -0.15) is 0 Å². The highest BCUT2D eigenvalue weighted by atomic mass is 16.3. The third-order valence-corrected chi connectivity index (χ3v) is 4.57. The highest BCUT2D eigenvalue weighted by molar-refractivity contribution is 5.55. The van der Waals surface area contributed by atoms with Crippen LogP contribution in [-0.2, 0) is 6.42 Å². The van der Waals surface area contributed by atoms with Crippen molar-refractivity contribution in [1.29, 1.82) is 0 Å². The van der Waals surface area contributed by atoms with Crippen LogP contribution in [0, 0.1) is 0 Å². The molecule has 1 unspecified atom stereocenters. The van der Waals surface area contributed by atoms with Crippen LogP contribution in [-0.4, -0.2) is 48.8 Å². The second kappa shape index (κ2) is 5.93. The van der Waals surface area contributed by atoms with Gasteiger partial charge in [-0.05, 0) is 43.9 Å². The molecule has 0 spiro atoms. The van der Waals surface area contributed by atoms with Crippen molar-refractivity contribution in [3.8, 4) is 0 Å². The van der Waals surface area contributed by atoms with Gasteiger partial charge in [0.15, 0.2) is 0 Å². The van der Waals surface area contributed by atoms with E-state index in [0.717, 1.165) is 26.1 Å². The number of fused-ring (bicyclic) bond motifs is 1. The fraction of sp³-hybridized carbons (Fsp3) is 0.625. The first-order valence-electron chi connectivity index (χ1n) is 7.56.